The van der Waals surface area contributed by atoms with E-state index < -0.39 is 0 Å². The summed E-state index contributed by atoms with van der Waals surface area (Å²) in [6.45, 7) is 1.29. The van der Waals surface area contributed by atoms with Crippen molar-refractivity contribution in [2.24, 2.45) is 0 Å². The number of nitrogen functional groups attached to an aromatic ring is 1. The number of para-hydroxylation sites is 1. The Hall–Kier alpha value is -2.24. The highest BCUT2D eigenvalue weighted by molar-refractivity contribution is 5.85. The second-order valence-electron chi connectivity index (χ2n) is 3.84. The highest BCUT2D eigenvalue weighted by Gasteiger charge is 2.24. The molecule has 1 saturated heterocycles. The van der Waals surface area contributed by atoms with Crippen LogP contribution in [0.2, 0.25) is 0 Å². The van der Waals surface area contributed by atoms with Gasteiger partial charge >= 0.3 is 6.09 Å². The predicted molar refractivity (Wildman–Crippen MR) is 60.2 cm³/mol. The number of oxazole rings is 1. The summed E-state index contributed by atoms with van der Waals surface area (Å²) in [5.74, 6) is 0.469. The zero-order valence-corrected chi connectivity index (χ0v) is 9.05. The van der Waals surface area contributed by atoms with E-state index in [4.69, 9.17) is 14.9 Å². The van der Waals surface area contributed by atoms with Crippen molar-refractivity contribution in [1.82, 2.24) is 9.88 Å². The summed E-state index contributed by atoms with van der Waals surface area (Å²) in [4.78, 5) is 17.1. The van der Waals surface area contributed by atoms with Gasteiger partial charge in [0.1, 0.15) is 18.7 Å². The molecule has 88 valence electrons. The number of carbonyl (C=O) groups excluding carboxylic acids is 1. The molecule has 1 aromatic carbocycles. The van der Waals surface area contributed by atoms with Crippen molar-refractivity contribution >= 4 is 22.9 Å². The van der Waals surface area contributed by atoms with Crippen molar-refractivity contribution in [3.05, 3.63) is 24.1 Å². The van der Waals surface area contributed by atoms with E-state index in [9.17, 15) is 4.79 Å². The largest absolute Gasteiger partial charge is 0.448 e. The average molecular weight is 233 g/mol. The van der Waals surface area contributed by atoms with E-state index >= 15 is 0 Å². The summed E-state index contributed by atoms with van der Waals surface area (Å²) in [6.07, 6.45) is -0.333. The fourth-order valence-electron chi connectivity index (χ4n) is 1.82. The summed E-state index contributed by atoms with van der Waals surface area (Å²) >= 11 is 0. The van der Waals surface area contributed by atoms with Crippen LogP contribution in [0.1, 0.15) is 5.89 Å². The molecule has 1 aromatic heterocycles. The SMILES string of the molecule is Nc1cccc2oc(CN3CCOC3=O)nc12. The Morgan fingerprint density at radius 1 is 1.47 bits per heavy atom. The number of fused-ring (bicyclic) bond motifs is 1. The van der Waals surface area contributed by atoms with E-state index in [1.807, 2.05) is 0 Å². The maximum absolute atomic E-state index is 11.3. The molecular weight excluding hydrogens is 222 g/mol. The summed E-state index contributed by atoms with van der Waals surface area (Å²) in [6, 6.07) is 5.36. The first-order valence-electron chi connectivity index (χ1n) is 5.29. The zero-order valence-electron chi connectivity index (χ0n) is 9.05. The third-order valence-corrected chi connectivity index (χ3v) is 2.67. The molecule has 1 aliphatic rings. The van der Waals surface area contributed by atoms with Crippen molar-refractivity contribution in [1.29, 1.82) is 0 Å². The molecule has 0 radical (unpaired) electrons. The Morgan fingerprint density at radius 2 is 2.35 bits per heavy atom. The van der Waals surface area contributed by atoms with E-state index in [2.05, 4.69) is 4.98 Å². The maximum Gasteiger partial charge on any atom is 0.410 e. The lowest BCUT2D eigenvalue weighted by atomic mass is 10.3. The van der Waals surface area contributed by atoms with Gasteiger partial charge in [-0.05, 0) is 12.1 Å². The molecule has 6 heteroatoms. The standard InChI is InChI=1S/C11H11N3O3/c12-7-2-1-3-8-10(7)13-9(17-8)6-14-4-5-16-11(14)15/h1-3H,4-6,12H2. The van der Waals surface area contributed by atoms with Gasteiger partial charge < -0.3 is 14.9 Å². The summed E-state index contributed by atoms with van der Waals surface area (Å²) in [5, 5.41) is 0. The van der Waals surface area contributed by atoms with E-state index in [0.29, 0.717) is 42.4 Å². The molecular formula is C11H11N3O3. The van der Waals surface area contributed by atoms with Gasteiger partial charge in [-0.1, -0.05) is 6.07 Å². The quantitative estimate of drug-likeness (QED) is 0.792. The van der Waals surface area contributed by atoms with E-state index in [0.717, 1.165) is 0 Å². The van der Waals surface area contributed by atoms with Crippen LogP contribution in [-0.2, 0) is 11.3 Å². The first-order valence-corrected chi connectivity index (χ1v) is 5.29. The number of hydrogen-bond donors (Lipinski definition) is 1. The van der Waals surface area contributed by atoms with Crippen LogP contribution in [0.25, 0.3) is 11.1 Å². The molecule has 0 saturated carbocycles. The lowest BCUT2D eigenvalue weighted by molar-refractivity contribution is 0.155. The second kappa shape index (κ2) is 3.65. The minimum absolute atomic E-state index is 0.312. The van der Waals surface area contributed by atoms with Gasteiger partial charge in [-0.15, -0.1) is 0 Å². The normalized spacial score (nSPS) is 15.5. The fraction of sp³-hybridized carbons (Fsp3) is 0.273. The lowest BCUT2D eigenvalue weighted by Crippen LogP contribution is -2.23. The topological polar surface area (TPSA) is 81.6 Å². The molecule has 2 N–H and O–H groups in total. The number of anilines is 1. The van der Waals surface area contributed by atoms with Crippen molar-refractivity contribution in [2.75, 3.05) is 18.9 Å². The molecule has 0 aliphatic carbocycles. The third kappa shape index (κ3) is 1.67. The number of nitrogens with zero attached hydrogens (tertiary/aromatic N) is 2. The molecule has 2 heterocycles. The van der Waals surface area contributed by atoms with Gasteiger partial charge in [-0.2, -0.15) is 0 Å². The molecule has 1 aliphatic heterocycles. The molecule has 0 atom stereocenters. The van der Waals surface area contributed by atoms with Gasteiger partial charge in [-0.3, -0.25) is 4.90 Å². The molecule has 0 bridgehead atoms. The van der Waals surface area contributed by atoms with Crippen LogP contribution in [0, 0.1) is 0 Å². The van der Waals surface area contributed by atoms with Crippen LogP contribution in [-0.4, -0.2) is 29.1 Å². The van der Waals surface area contributed by atoms with Crippen molar-refractivity contribution < 1.29 is 13.9 Å². The van der Waals surface area contributed by atoms with Crippen molar-refractivity contribution in [2.45, 2.75) is 6.54 Å². The minimum atomic E-state index is -0.333. The lowest BCUT2D eigenvalue weighted by Gasteiger charge is -2.08. The number of benzene rings is 1. The van der Waals surface area contributed by atoms with Gasteiger partial charge in [-0.25, -0.2) is 9.78 Å². The Labute approximate surface area is 97.0 Å². The highest BCUT2D eigenvalue weighted by atomic mass is 16.6. The summed E-state index contributed by atoms with van der Waals surface area (Å²) < 4.78 is 10.3. The first kappa shape index (κ1) is 9.95. The van der Waals surface area contributed by atoms with Gasteiger partial charge in [0.25, 0.3) is 0 Å². The molecule has 2 aromatic rings. The number of hydrogen-bond acceptors (Lipinski definition) is 5. The van der Waals surface area contributed by atoms with Gasteiger partial charge in [0.2, 0.25) is 5.89 Å². The summed E-state index contributed by atoms with van der Waals surface area (Å²) in [7, 11) is 0. The van der Waals surface area contributed by atoms with Gasteiger partial charge in [0, 0.05) is 0 Å². The number of ether oxygens (including phenoxy) is 1. The Balaban J connectivity index is 1.91. The summed E-state index contributed by atoms with van der Waals surface area (Å²) in [5.41, 5.74) is 7.61. The van der Waals surface area contributed by atoms with Crippen molar-refractivity contribution in [3.63, 3.8) is 0 Å². The molecule has 0 spiro atoms. The molecule has 0 unspecified atom stereocenters. The molecule has 1 amide bonds. The Morgan fingerprint density at radius 3 is 3.06 bits per heavy atom. The minimum Gasteiger partial charge on any atom is -0.448 e. The monoisotopic (exact) mass is 233 g/mol. The number of nitrogens with two attached hydrogens (primary N) is 1. The van der Waals surface area contributed by atoms with Gasteiger partial charge in [0.15, 0.2) is 5.58 Å². The molecule has 17 heavy (non-hydrogen) atoms. The van der Waals surface area contributed by atoms with Crippen molar-refractivity contribution in [3.8, 4) is 0 Å². The van der Waals surface area contributed by atoms with E-state index in [-0.39, 0.29) is 6.09 Å². The van der Waals surface area contributed by atoms with Crippen LogP contribution < -0.4 is 5.73 Å². The maximum atomic E-state index is 11.3. The molecule has 3 rings (SSSR count). The highest BCUT2D eigenvalue weighted by Crippen LogP contribution is 2.22. The van der Waals surface area contributed by atoms with Crippen LogP contribution >= 0.6 is 0 Å². The predicted octanol–water partition coefficient (Wildman–Crippen LogP) is 1.36. The number of cyclic esters (lactones) is 1. The molecule has 1 fully saturated rings. The number of carbonyl (C=O) groups is 1. The van der Waals surface area contributed by atoms with Crippen LogP contribution in [0.3, 0.4) is 0 Å². The third-order valence-electron chi connectivity index (χ3n) is 2.67. The Kier molecular flexibility index (Phi) is 2.14. The smallest absolute Gasteiger partial charge is 0.410 e. The van der Waals surface area contributed by atoms with Crippen LogP contribution in [0.15, 0.2) is 22.6 Å². The first-order chi connectivity index (χ1) is 8.24. The second-order valence-corrected chi connectivity index (χ2v) is 3.84. The van der Waals surface area contributed by atoms with E-state index in [1.165, 1.54) is 0 Å². The number of rotatable bonds is 2. The zero-order chi connectivity index (χ0) is 11.8. The average Bonchev–Trinajstić information content (AvgIpc) is 2.87. The van der Waals surface area contributed by atoms with Crippen LogP contribution in [0.5, 0.6) is 0 Å². The van der Waals surface area contributed by atoms with Gasteiger partial charge in [0.05, 0.1) is 12.2 Å². The number of amides is 1. The Bertz CT molecular complexity index is 578. The van der Waals surface area contributed by atoms with Crippen LogP contribution in [0.4, 0.5) is 10.5 Å². The number of aromatic nitrogens is 1. The van der Waals surface area contributed by atoms with E-state index in [1.54, 1.807) is 23.1 Å². The fourth-order valence-corrected chi connectivity index (χ4v) is 1.82. The molecule has 6 nitrogen and oxygen atoms in total.